The summed E-state index contributed by atoms with van der Waals surface area (Å²) < 4.78 is 58.2. The Bertz CT molecular complexity index is 1130. The molecule has 0 bridgehead atoms. The van der Waals surface area contributed by atoms with Gasteiger partial charge < -0.3 is 24.0 Å². The van der Waals surface area contributed by atoms with E-state index < -0.39 is 36.3 Å². The number of carbonyl (C=O) groups is 1. The van der Waals surface area contributed by atoms with Crippen LogP contribution in [0.1, 0.15) is 31.9 Å². The summed E-state index contributed by atoms with van der Waals surface area (Å²) in [6.45, 7) is 5.11. The second kappa shape index (κ2) is 9.99. The lowest BCUT2D eigenvalue weighted by Crippen LogP contribution is -2.54. The quantitative estimate of drug-likeness (QED) is 0.574. The number of piperazine rings is 1. The molecule has 1 aromatic carbocycles. The molecule has 0 aliphatic carbocycles. The number of halogens is 3. The molecule has 192 valence electrons. The number of carbonyl (C=O) groups excluding carboxylic acids is 1. The summed E-state index contributed by atoms with van der Waals surface area (Å²) in [7, 11) is 0. The molecule has 36 heavy (non-hydrogen) atoms. The predicted molar refractivity (Wildman–Crippen MR) is 126 cm³/mol. The van der Waals surface area contributed by atoms with Gasteiger partial charge in [0.15, 0.2) is 5.79 Å². The highest BCUT2D eigenvalue weighted by molar-refractivity contribution is 5.68. The molecule has 0 spiro atoms. The van der Waals surface area contributed by atoms with Crippen molar-refractivity contribution < 1.29 is 32.2 Å². The van der Waals surface area contributed by atoms with Crippen molar-refractivity contribution in [1.82, 2.24) is 9.88 Å². The first-order valence-corrected chi connectivity index (χ1v) is 11.6. The van der Waals surface area contributed by atoms with E-state index >= 15 is 0 Å². The van der Waals surface area contributed by atoms with Crippen LogP contribution >= 0.6 is 0 Å². The third kappa shape index (κ3) is 5.27. The van der Waals surface area contributed by atoms with Gasteiger partial charge in [0.05, 0.1) is 13.2 Å². The molecule has 1 amide bonds. The van der Waals surface area contributed by atoms with Gasteiger partial charge in [-0.25, -0.2) is 9.78 Å². The second-order valence-electron chi connectivity index (χ2n) is 9.11. The zero-order valence-corrected chi connectivity index (χ0v) is 20.3. The van der Waals surface area contributed by atoms with Crippen molar-refractivity contribution in [3.63, 3.8) is 0 Å². The molecular formula is C26H28F3N3O4. The van der Waals surface area contributed by atoms with E-state index in [1.54, 1.807) is 11.8 Å². The Labute approximate surface area is 208 Å². The van der Waals surface area contributed by atoms with Gasteiger partial charge >= 0.3 is 12.3 Å². The lowest BCUT2D eigenvalue weighted by Gasteiger charge is -2.39. The fourth-order valence-electron chi connectivity index (χ4n) is 4.32. The Morgan fingerprint density at radius 1 is 1.19 bits per heavy atom. The predicted octanol–water partition coefficient (Wildman–Crippen LogP) is 4.47. The van der Waals surface area contributed by atoms with Gasteiger partial charge in [-0.1, -0.05) is 42.3 Å². The van der Waals surface area contributed by atoms with E-state index in [2.05, 4.69) is 16.8 Å². The van der Waals surface area contributed by atoms with E-state index in [4.69, 9.17) is 14.2 Å². The Balaban J connectivity index is 1.47. The number of amides is 1. The topological polar surface area (TPSA) is 64.1 Å². The fraction of sp³-hybridized carbons (Fsp3) is 0.462. The normalized spacial score (nSPS) is 23.7. The molecule has 0 saturated carbocycles. The van der Waals surface area contributed by atoms with E-state index in [-0.39, 0.29) is 18.7 Å². The summed E-state index contributed by atoms with van der Waals surface area (Å²) >= 11 is 0. The molecule has 2 fully saturated rings. The molecule has 2 aliphatic rings. The number of pyridine rings is 1. The van der Waals surface area contributed by atoms with E-state index in [0.29, 0.717) is 18.9 Å². The summed E-state index contributed by atoms with van der Waals surface area (Å²) in [5, 5.41) is 0. The number of aromatic nitrogens is 1. The molecule has 1 unspecified atom stereocenters. The SMILES string of the molecule is CC#C[C@H]1CN(C(=O)OCc2ccccc2)CCN1c1ccc(C2(C(F)(F)F)COC(C)(C)O2)cn1. The highest BCUT2D eigenvalue weighted by Gasteiger charge is 2.64. The molecule has 10 heteroatoms. The van der Waals surface area contributed by atoms with Crippen LogP contribution in [0.3, 0.4) is 0 Å². The van der Waals surface area contributed by atoms with Gasteiger partial charge in [-0.2, -0.15) is 13.2 Å². The summed E-state index contributed by atoms with van der Waals surface area (Å²) in [6, 6.07) is 11.9. The van der Waals surface area contributed by atoms with Crippen LogP contribution in [0.25, 0.3) is 0 Å². The van der Waals surface area contributed by atoms with Gasteiger partial charge in [0.1, 0.15) is 18.5 Å². The van der Waals surface area contributed by atoms with Gasteiger partial charge in [0.25, 0.3) is 0 Å². The van der Waals surface area contributed by atoms with Gasteiger partial charge in [-0.15, -0.1) is 5.92 Å². The van der Waals surface area contributed by atoms with Crippen molar-refractivity contribution in [1.29, 1.82) is 0 Å². The molecule has 1 aromatic heterocycles. The summed E-state index contributed by atoms with van der Waals surface area (Å²) in [5.74, 6) is 5.01. The van der Waals surface area contributed by atoms with Crippen LogP contribution in [0.2, 0.25) is 0 Å². The van der Waals surface area contributed by atoms with E-state index in [0.717, 1.165) is 5.56 Å². The van der Waals surface area contributed by atoms with Crippen LogP contribution in [0.5, 0.6) is 0 Å². The molecule has 2 saturated heterocycles. The largest absolute Gasteiger partial charge is 0.445 e. The molecule has 2 aliphatic heterocycles. The average molecular weight is 504 g/mol. The Morgan fingerprint density at radius 3 is 2.53 bits per heavy atom. The lowest BCUT2D eigenvalue weighted by atomic mass is 9.95. The second-order valence-corrected chi connectivity index (χ2v) is 9.11. The molecule has 0 N–H and O–H groups in total. The molecule has 2 atom stereocenters. The number of ether oxygens (including phenoxy) is 3. The molecule has 3 heterocycles. The van der Waals surface area contributed by atoms with Crippen molar-refractivity contribution in [3.05, 3.63) is 59.8 Å². The van der Waals surface area contributed by atoms with Crippen LogP contribution in [0, 0.1) is 11.8 Å². The summed E-state index contributed by atoms with van der Waals surface area (Å²) in [6.07, 6.45) is -3.96. The molecule has 7 nitrogen and oxygen atoms in total. The van der Waals surface area contributed by atoms with E-state index in [1.807, 2.05) is 35.2 Å². The Kier molecular flexibility index (Phi) is 7.16. The van der Waals surface area contributed by atoms with E-state index in [9.17, 15) is 18.0 Å². The first-order valence-electron chi connectivity index (χ1n) is 11.6. The third-order valence-corrected chi connectivity index (χ3v) is 6.16. The van der Waals surface area contributed by atoms with Crippen molar-refractivity contribution in [3.8, 4) is 11.8 Å². The van der Waals surface area contributed by atoms with Crippen LogP contribution in [-0.2, 0) is 26.4 Å². The molecule has 0 radical (unpaired) electrons. The number of alkyl halides is 3. The lowest BCUT2D eigenvalue weighted by molar-refractivity contribution is -0.289. The number of hydrogen-bond donors (Lipinski definition) is 0. The van der Waals surface area contributed by atoms with Gasteiger partial charge in [0, 0.05) is 24.8 Å². The third-order valence-electron chi connectivity index (χ3n) is 6.16. The van der Waals surface area contributed by atoms with Crippen molar-refractivity contribution in [2.75, 3.05) is 31.1 Å². The van der Waals surface area contributed by atoms with Gasteiger partial charge in [0.2, 0.25) is 5.60 Å². The number of hydrogen-bond acceptors (Lipinski definition) is 6. The Morgan fingerprint density at radius 2 is 1.94 bits per heavy atom. The Hall–Kier alpha value is -3.29. The van der Waals surface area contributed by atoms with Gasteiger partial charge in [-0.05, 0) is 32.4 Å². The standard InChI is InChI=1S/C26H28F3N3O4/c1-4-8-21-16-31(23(33)34-17-19-9-6-5-7-10-19)13-14-32(21)22-12-11-20(15-30-22)25(26(27,28)29)18-35-24(2,3)36-25/h5-7,9-12,15,21H,13-14,16-18H2,1-3H3/t21-,25?/m0/s1. The van der Waals surface area contributed by atoms with Crippen molar-refractivity contribution >= 4 is 11.9 Å². The molecular weight excluding hydrogens is 475 g/mol. The number of anilines is 1. The minimum atomic E-state index is -4.69. The van der Waals surface area contributed by atoms with Crippen LogP contribution in [-0.4, -0.2) is 60.2 Å². The smallest absolute Gasteiger partial charge is 0.424 e. The number of nitrogens with zero attached hydrogens (tertiary/aromatic N) is 3. The minimum absolute atomic E-state index is 0.134. The van der Waals surface area contributed by atoms with Gasteiger partial charge in [-0.3, -0.25) is 0 Å². The summed E-state index contributed by atoms with van der Waals surface area (Å²) in [4.78, 5) is 20.4. The maximum Gasteiger partial charge on any atom is 0.424 e. The maximum atomic E-state index is 14.0. The highest BCUT2D eigenvalue weighted by atomic mass is 19.4. The van der Waals surface area contributed by atoms with Crippen LogP contribution in [0.15, 0.2) is 48.7 Å². The molecule has 4 rings (SSSR count). The zero-order valence-electron chi connectivity index (χ0n) is 20.3. The monoisotopic (exact) mass is 503 g/mol. The highest BCUT2D eigenvalue weighted by Crippen LogP contribution is 2.49. The fourth-order valence-corrected chi connectivity index (χ4v) is 4.32. The van der Waals surface area contributed by atoms with E-state index in [1.165, 1.54) is 32.2 Å². The minimum Gasteiger partial charge on any atom is -0.445 e. The van der Waals surface area contributed by atoms with Crippen LogP contribution in [0.4, 0.5) is 23.8 Å². The summed E-state index contributed by atoms with van der Waals surface area (Å²) in [5.41, 5.74) is -1.84. The zero-order chi connectivity index (χ0) is 26.0. The number of benzene rings is 1. The maximum absolute atomic E-state index is 14.0. The molecule has 2 aromatic rings. The average Bonchev–Trinajstić information content (AvgIpc) is 3.20. The first-order chi connectivity index (χ1) is 17.0. The van der Waals surface area contributed by atoms with Crippen LogP contribution < -0.4 is 4.90 Å². The van der Waals surface area contributed by atoms with Crippen molar-refractivity contribution in [2.24, 2.45) is 0 Å². The first kappa shape index (κ1) is 25.8. The number of rotatable bonds is 4. The van der Waals surface area contributed by atoms with Crippen molar-refractivity contribution in [2.45, 2.75) is 51.0 Å².